The van der Waals surface area contributed by atoms with Crippen molar-refractivity contribution in [3.63, 3.8) is 0 Å². The fourth-order valence-corrected chi connectivity index (χ4v) is 2.14. The molecule has 8 nitrogen and oxygen atoms in total. The monoisotopic (exact) mass is 281 g/mol. The second kappa shape index (κ2) is 5.04. The number of carbonyl (C=O) groups is 1. The van der Waals surface area contributed by atoms with E-state index in [2.05, 4.69) is 4.98 Å². The van der Waals surface area contributed by atoms with Crippen LogP contribution in [0.5, 0.6) is 0 Å². The van der Waals surface area contributed by atoms with Crippen LogP contribution >= 0.6 is 0 Å². The van der Waals surface area contributed by atoms with Gasteiger partial charge in [-0.15, -0.1) is 0 Å². The van der Waals surface area contributed by atoms with Crippen molar-refractivity contribution in [2.75, 3.05) is 24.6 Å². The van der Waals surface area contributed by atoms with Gasteiger partial charge in [0.05, 0.1) is 22.7 Å². The predicted octanol–water partition coefficient (Wildman–Crippen LogP) is 1.30. The summed E-state index contributed by atoms with van der Waals surface area (Å²) in [5, 5.41) is 20.0. The molecule has 0 aromatic carbocycles. The van der Waals surface area contributed by atoms with Crippen molar-refractivity contribution < 1.29 is 19.6 Å². The lowest BCUT2D eigenvalue weighted by molar-refractivity contribution is -0.384. The summed E-state index contributed by atoms with van der Waals surface area (Å²) in [5.41, 5.74) is -0.935. The Morgan fingerprint density at radius 2 is 2.30 bits per heavy atom. The van der Waals surface area contributed by atoms with Crippen LogP contribution in [0.4, 0.5) is 11.5 Å². The molecule has 8 heteroatoms. The standard InChI is InChI=1S/C12H15N3O5/c1-12(2)7-14(3-4-20-12)10-9(15(18)19)5-8(6-13-10)11(16)17/h5-6H,3-4,7H2,1-2H3,(H,16,17). The van der Waals surface area contributed by atoms with Crippen LogP contribution in [0.25, 0.3) is 0 Å². The van der Waals surface area contributed by atoms with Crippen LogP contribution in [0.2, 0.25) is 0 Å². The zero-order valence-corrected chi connectivity index (χ0v) is 11.2. The summed E-state index contributed by atoms with van der Waals surface area (Å²) in [6, 6.07) is 1.03. The fourth-order valence-electron chi connectivity index (χ4n) is 2.14. The maximum atomic E-state index is 11.1. The number of carboxylic acids is 1. The molecule has 1 aromatic heterocycles. The molecule has 0 bridgehead atoms. The van der Waals surface area contributed by atoms with Crippen LogP contribution in [0.3, 0.4) is 0 Å². The first-order valence-electron chi connectivity index (χ1n) is 6.07. The highest BCUT2D eigenvalue weighted by Crippen LogP contribution is 2.30. The molecule has 0 spiro atoms. The van der Waals surface area contributed by atoms with Gasteiger partial charge >= 0.3 is 11.7 Å². The molecule has 1 fully saturated rings. The third-order valence-electron chi connectivity index (χ3n) is 3.02. The predicted molar refractivity (Wildman–Crippen MR) is 70.1 cm³/mol. The number of rotatable bonds is 3. The number of aromatic nitrogens is 1. The van der Waals surface area contributed by atoms with Crippen LogP contribution in [0, 0.1) is 10.1 Å². The Bertz CT molecular complexity index is 558. The lowest BCUT2D eigenvalue weighted by Gasteiger charge is -2.38. The number of nitrogens with zero attached hydrogens (tertiary/aromatic N) is 3. The van der Waals surface area contributed by atoms with E-state index in [1.807, 2.05) is 13.8 Å². The normalized spacial score (nSPS) is 17.8. The van der Waals surface area contributed by atoms with Gasteiger partial charge in [0.2, 0.25) is 5.82 Å². The molecule has 0 atom stereocenters. The molecule has 1 saturated heterocycles. The molecule has 2 heterocycles. The Morgan fingerprint density at radius 1 is 1.60 bits per heavy atom. The van der Waals surface area contributed by atoms with Gasteiger partial charge in [-0.2, -0.15) is 0 Å². The van der Waals surface area contributed by atoms with E-state index < -0.39 is 16.5 Å². The molecule has 0 radical (unpaired) electrons. The summed E-state index contributed by atoms with van der Waals surface area (Å²) in [4.78, 5) is 27.1. The molecule has 108 valence electrons. The average molecular weight is 281 g/mol. The minimum absolute atomic E-state index is 0.177. The van der Waals surface area contributed by atoms with Crippen molar-refractivity contribution >= 4 is 17.5 Å². The molecular formula is C12H15N3O5. The van der Waals surface area contributed by atoms with Crippen LogP contribution in [0.15, 0.2) is 12.3 Å². The number of carboxylic acid groups (broad SMARTS) is 1. The maximum absolute atomic E-state index is 11.1. The summed E-state index contributed by atoms with van der Waals surface area (Å²) in [5.74, 6) is -1.06. The van der Waals surface area contributed by atoms with Crippen molar-refractivity contribution in [1.82, 2.24) is 4.98 Å². The molecular weight excluding hydrogens is 266 g/mol. The zero-order valence-electron chi connectivity index (χ0n) is 11.2. The minimum Gasteiger partial charge on any atom is -0.478 e. The molecule has 0 unspecified atom stereocenters. The van der Waals surface area contributed by atoms with Gasteiger partial charge in [0.1, 0.15) is 0 Å². The van der Waals surface area contributed by atoms with Gasteiger partial charge in [-0.25, -0.2) is 9.78 Å². The van der Waals surface area contributed by atoms with Gasteiger partial charge in [-0.3, -0.25) is 10.1 Å². The second-order valence-electron chi connectivity index (χ2n) is 5.16. The van der Waals surface area contributed by atoms with Gasteiger partial charge in [0, 0.05) is 25.4 Å². The van der Waals surface area contributed by atoms with E-state index >= 15 is 0 Å². The lowest BCUT2D eigenvalue weighted by atomic mass is 10.1. The lowest BCUT2D eigenvalue weighted by Crippen LogP contribution is -2.48. The average Bonchev–Trinajstić information content (AvgIpc) is 2.36. The highest BCUT2D eigenvalue weighted by atomic mass is 16.6. The first-order chi connectivity index (χ1) is 9.30. The molecule has 0 saturated carbocycles. The first-order valence-corrected chi connectivity index (χ1v) is 6.07. The highest BCUT2D eigenvalue weighted by Gasteiger charge is 2.32. The van der Waals surface area contributed by atoms with Crippen LogP contribution in [-0.4, -0.2) is 46.3 Å². The first kappa shape index (κ1) is 14.2. The molecule has 1 aliphatic rings. The maximum Gasteiger partial charge on any atom is 0.337 e. The van der Waals surface area contributed by atoms with Crippen molar-refractivity contribution in [3.05, 3.63) is 27.9 Å². The third kappa shape index (κ3) is 2.85. The summed E-state index contributed by atoms with van der Waals surface area (Å²) in [6.45, 7) is 5.14. The van der Waals surface area contributed by atoms with E-state index in [0.29, 0.717) is 19.7 Å². The molecule has 2 rings (SSSR count). The number of hydrogen-bond acceptors (Lipinski definition) is 6. The number of pyridine rings is 1. The molecule has 0 aliphatic carbocycles. The number of aromatic carboxylic acids is 1. The number of nitro groups is 1. The smallest absolute Gasteiger partial charge is 0.337 e. The Hall–Kier alpha value is -2.22. The highest BCUT2D eigenvalue weighted by molar-refractivity contribution is 5.88. The van der Waals surface area contributed by atoms with E-state index in [1.165, 1.54) is 0 Å². The van der Waals surface area contributed by atoms with E-state index in [-0.39, 0.29) is 17.1 Å². The van der Waals surface area contributed by atoms with E-state index in [0.717, 1.165) is 12.3 Å². The molecule has 20 heavy (non-hydrogen) atoms. The minimum atomic E-state index is -1.24. The Labute approximate surface area is 115 Å². The fraction of sp³-hybridized carbons (Fsp3) is 0.500. The van der Waals surface area contributed by atoms with Gasteiger partial charge in [-0.1, -0.05) is 0 Å². The topological polar surface area (TPSA) is 106 Å². The Balaban J connectivity index is 2.40. The van der Waals surface area contributed by atoms with E-state index in [4.69, 9.17) is 9.84 Å². The van der Waals surface area contributed by atoms with Crippen molar-refractivity contribution in [2.24, 2.45) is 0 Å². The number of morpholine rings is 1. The van der Waals surface area contributed by atoms with Crippen molar-refractivity contribution in [3.8, 4) is 0 Å². The molecule has 0 amide bonds. The summed E-state index contributed by atoms with van der Waals surface area (Å²) >= 11 is 0. The summed E-state index contributed by atoms with van der Waals surface area (Å²) in [6.07, 6.45) is 1.13. The second-order valence-corrected chi connectivity index (χ2v) is 5.16. The number of hydrogen-bond donors (Lipinski definition) is 1. The molecule has 1 aromatic rings. The third-order valence-corrected chi connectivity index (χ3v) is 3.02. The SMILES string of the molecule is CC1(C)CN(c2ncc(C(=O)O)cc2[N+](=O)[O-])CCO1. The molecule has 1 N–H and O–H groups in total. The number of ether oxygens (including phenoxy) is 1. The van der Waals surface area contributed by atoms with Gasteiger partial charge in [-0.05, 0) is 13.8 Å². The summed E-state index contributed by atoms with van der Waals surface area (Å²) in [7, 11) is 0. The Kier molecular flexibility index (Phi) is 3.58. The van der Waals surface area contributed by atoms with Crippen molar-refractivity contribution in [2.45, 2.75) is 19.4 Å². The van der Waals surface area contributed by atoms with Crippen LogP contribution in [-0.2, 0) is 4.74 Å². The summed E-state index contributed by atoms with van der Waals surface area (Å²) < 4.78 is 5.55. The largest absolute Gasteiger partial charge is 0.478 e. The van der Waals surface area contributed by atoms with Gasteiger partial charge in [0.25, 0.3) is 0 Å². The van der Waals surface area contributed by atoms with Gasteiger partial charge < -0.3 is 14.7 Å². The van der Waals surface area contributed by atoms with E-state index in [9.17, 15) is 14.9 Å². The quantitative estimate of drug-likeness (QED) is 0.657. The van der Waals surface area contributed by atoms with Crippen LogP contribution in [0.1, 0.15) is 24.2 Å². The zero-order chi connectivity index (χ0) is 14.9. The molecule has 1 aliphatic heterocycles. The van der Waals surface area contributed by atoms with Crippen LogP contribution < -0.4 is 4.90 Å². The number of anilines is 1. The van der Waals surface area contributed by atoms with Gasteiger partial charge in [0.15, 0.2) is 0 Å². The van der Waals surface area contributed by atoms with E-state index in [1.54, 1.807) is 4.90 Å². The Morgan fingerprint density at radius 3 is 2.85 bits per heavy atom. The van der Waals surface area contributed by atoms with Crippen molar-refractivity contribution in [1.29, 1.82) is 0 Å².